The third kappa shape index (κ3) is 6.37. The number of para-hydroxylation sites is 1. The molecule has 0 radical (unpaired) electrons. The van der Waals surface area contributed by atoms with Crippen molar-refractivity contribution in [2.75, 3.05) is 17.2 Å². The predicted octanol–water partition coefficient (Wildman–Crippen LogP) is 4.02. The molecule has 5 nitrogen and oxygen atoms in total. The molecule has 0 aromatic heterocycles. The molecule has 0 aliphatic carbocycles. The van der Waals surface area contributed by atoms with Gasteiger partial charge in [-0.2, -0.15) is 0 Å². The fraction of sp³-hybridized carbons (Fsp3) is 0.176. The van der Waals surface area contributed by atoms with Crippen LogP contribution in [0.4, 0.5) is 11.4 Å². The van der Waals surface area contributed by atoms with Crippen molar-refractivity contribution in [3.05, 3.63) is 59.1 Å². The molecular formula is C17H20ClIN4O. The SMILES string of the molecule is Cc1c(Cl)cccc1NC(=O)CCN=C(N)Nc1ccccc1.I. The van der Waals surface area contributed by atoms with E-state index >= 15 is 0 Å². The number of aliphatic imine (C=N–C) groups is 1. The van der Waals surface area contributed by atoms with Gasteiger partial charge in [-0.25, -0.2) is 0 Å². The van der Waals surface area contributed by atoms with E-state index in [0.717, 1.165) is 11.3 Å². The maximum atomic E-state index is 11.9. The number of hydrogen-bond donors (Lipinski definition) is 3. The molecule has 0 saturated carbocycles. The second-order valence-corrected chi connectivity index (χ2v) is 5.38. The molecule has 128 valence electrons. The Bertz CT molecular complexity index is 707. The highest BCUT2D eigenvalue weighted by molar-refractivity contribution is 14.0. The lowest BCUT2D eigenvalue weighted by Gasteiger charge is -2.09. The molecule has 0 heterocycles. The van der Waals surface area contributed by atoms with Gasteiger partial charge in [0.05, 0.1) is 6.54 Å². The van der Waals surface area contributed by atoms with Crippen LogP contribution in [0.25, 0.3) is 0 Å². The van der Waals surface area contributed by atoms with Crippen molar-refractivity contribution in [3.8, 4) is 0 Å². The molecule has 2 aromatic carbocycles. The van der Waals surface area contributed by atoms with Gasteiger partial charge in [0, 0.05) is 22.8 Å². The summed E-state index contributed by atoms with van der Waals surface area (Å²) in [5.41, 5.74) is 8.19. The minimum atomic E-state index is -0.133. The summed E-state index contributed by atoms with van der Waals surface area (Å²) in [7, 11) is 0. The van der Waals surface area contributed by atoms with E-state index < -0.39 is 0 Å². The maximum Gasteiger partial charge on any atom is 0.226 e. The zero-order chi connectivity index (χ0) is 16.7. The number of carbonyl (C=O) groups excluding carboxylic acids is 1. The van der Waals surface area contributed by atoms with Crippen LogP contribution in [0.1, 0.15) is 12.0 Å². The van der Waals surface area contributed by atoms with Crippen LogP contribution >= 0.6 is 35.6 Å². The Morgan fingerprint density at radius 3 is 2.54 bits per heavy atom. The fourth-order valence-electron chi connectivity index (χ4n) is 1.94. The van der Waals surface area contributed by atoms with Crippen LogP contribution in [0, 0.1) is 6.92 Å². The van der Waals surface area contributed by atoms with E-state index in [0.29, 0.717) is 17.3 Å². The van der Waals surface area contributed by atoms with Crippen molar-refractivity contribution >= 4 is 58.8 Å². The zero-order valence-electron chi connectivity index (χ0n) is 13.3. The summed E-state index contributed by atoms with van der Waals surface area (Å²) in [6.07, 6.45) is 0.239. The van der Waals surface area contributed by atoms with Crippen LogP contribution in [0.2, 0.25) is 5.02 Å². The van der Waals surface area contributed by atoms with E-state index in [1.165, 1.54) is 0 Å². The molecule has 0 atom stereocenters. The molecule has 2 aromatic rings. The molecular weight excluding hydrogens is 439 g/mol. The zero-order valence-corrected chi connectivity index (χ0v) is 16.3. The van der Waals surface area contributed by atoms with Gasteiger partial charge in [-0.15, -0.1) is 24.0 Å². The molecule has 2 rings (SSSR count). The number of hydrogen-bond acceptors (Lipinski definition) is 2. The van der Waals surface area contributed by atoms with E-state index in [2.05, 4.69) is 15.6 Å². The Labute approximate surface area is 163 Å². The Morgan fingerprint density at radius 2 is 1.83 bits per heavy atom. The Morgan fingerprint density at radius 1 is 1.12 bits per heavy atom. The van der Waals surface area contributed by atoms with Crippen molar-refractivity contribution < 1.29 is 4.79 Å². The minimum absolute atomic E-state index is 0. The topological polar surface area (TPSA) is 79.5 Å². The van der Waals surface area contributed by atoms with Gasteiger partial charge in [-0.05, 0) is 36.8 Å². The van der Waals surface area contributed by atoms with Gasteiger partial charge in [0.1, 0.15) is 0 Å². The van der Waals surface area contributed by atoms with E-state index in [1.807, 2.05) is 43.3 Å². The average Bonchev–Trinajstić information content (AvgIpc) is 2.53. The van der Waals surface area contributed by atoms with Crippen LogP contribution in [-0.4, -0.2) is 18.4 Å². The number of rotatable bonds is 5. The predicted molar refractivity (Wildman–Crippen MR) is 111 cm³/mol. The lowest BCUT2D eigenvalue weighted by atomic mass is 10.2. The van der Waals surface area contributed by atoms with E-state index in [1.54, 1.807) is 12.1 Å². The number of nitrogens with two attached hydrogens (primary N) is 1. The first kappa shape index (κ1) is 20.2. The molecule has 1 amide bonds. The molecule has 7 heteroatoms. The number of carbonyl (C=O) groups is 1. The maximum absolute atomic E-state index is 11.9. The van der Waals surface area contributed by atoms with Gasteiger partial charge in [-0.3, -0.25) is 9.79 Å². The summed E-state index contributed by atoms with van der Waals surface area (Å²) in [6, 6.07) is 14.9. The number of halogens is 2. The molecule has 0 spiro atoms. The highest BCUT2D eigenvalue weighted by atomic mass is 127. The van der Waals surface area contributed by atoms with Crippen molar-refractivity contribution in [3.63, 3.8) is 0 Å². The Kier molecular flexibility index (Phi) is 8.56. The van der Waals surface area contributed by atoms with Crippen molar-refractivity contribution in [2.45, 2.75) is 13.3 Å². The molecule has 0 bridgehead atoms. The lowest BCUT2D eigenvalue weighted by Crippen LogP contribution is -2.23. The molecule has 4 N–H and O–H groups in total. The van der Waals surface area contributed by atoms with Crippen molar-refractivity contribution in [1.82, 2.24) is 0 Å². The second kappa shape index (κ2) is 10.1. The van der Waals surface area contributed by atoms with Crippen LogP contribution < -0.4 is 16.4 Å². The van der Waals surface area contributed by atoms with Crippen LogP contribution in [0.5, 0.6) is 0 Å². The van der Waals surface area contributed by atoms with Gasteiger partial charge in [-0.1, -0.05) is 35.9 Å². The molecule has 0 fully saturated rings. The molecule has 24 heavy (non-hydrogen) atoms. The van der Waals surface area contributed by atoms with Crippen LogP contribution in [-0.2, 0) is 4.79 Å². The smallest absolute Gasteiger partial charge is 0.226 e. The summed E-state index contributed by atoms with van der Waals surface area (Å²) in [4.78, 5) is 16.1. The van der Waals surface area contributed by atoms with Crippen molar-refractivity contribution in [2.24, 2.45) is 10.7 Å². The summed E-state index contributed by atoms with van der Waals surface area (Å²) in [5.74, 6) is 0.148. The van der Waals surface area contributed by atoms with Crippen molar-refractivity contribution in [1.29, 1.82) is 0 Å². The van der Waals surface area contributed by atoms with Gasteiger partial charge < -0.3 is 16.4 Å². The number of anilines is 2. The van der Waals surface area contributed by atoms with Gasteiger partial charge in [0.2, 0.25) is 5.91 Å². The number of amides is 1. The first-order valence-corrected chi connectivity index (χ1v) is 7.61. The number of nitrogens with zero attached hydrogens (tertiary/aromatic N) is 1. The second-order valence-electron chi connectivity index (χ2n) is 4.97. The van der Waals surface area contributed by atoms with Gasteiger partial charge in [0.25, 0.3) is 0 Å². The number of benzene rings is 2. The standard InChI is InChI=1S/C17H19ClN4O.HI/c1-12-14(18)8-5-9-15(12)22-16(23)10-11-20-17(19)21-13-6-3-2-4-7-13;/h2-9H,10-11H2,1H3,(H,22,23)(H3,19,20,21);1H. The third-order valence-electron chi connectivity index (χ3n) is 3.21. The van der Waals surface area contributed by atoms with Crippen LogP contribution in [0.15, 0.2) is 53.5 Å². The Balaban J connectivity index is 0.00000288. The summed E-state index contributed by atoms with van der Waals surface area (Å²) in [5, 5.41) is 6.40. The van der Waals surface area contributed by atoms with E-state index in [-0.39, 0.29) is 42.3 Å². The minimum Gasteiger partial charge on any atom is -0.370 e. The Hall–Kier alpha value is -1.80. The van der Waals surface area contributed by atoms with E-state index in [4.69, 9.17) is 17.3 Å². The first-order chi connectivity index (χ1) is 11.1. The normalized spacial score (nSPS) is 10.7. The highest BCUT2D eigenvalue weighted by Crippen LogP contribution is 2.22. The summed E-state index contributed by atoms with van der Waals surface area (Å²) in [6.45, 7) is 2.16. The van der Waals surface area contributed by atoms with Crippen LogP contribution in [0.3, 0.4) is 0 Å². The molecule has 0 aliphatic rings. The molecule has 0 unspecified atom stereocenters. The van der Waals surface area contributed by atoms with Gasteiger partial charge in [0.15, 0.2) is 5.96 Å². The summed E-state index contributed by atoms with van der Waals surface area (Å²) >= 11 is 6.02. The average molecular weight is 459 g/mol. The number of guanidine groups is 1. The van der Waals surface area contributed by atoms with Gasteiger partial charge >= 0.3 is 0 Å². The molecule has 0 aliphatic heterocycles. The lowest BCUT2D eigenvalue weighted by molar-refractivity contribution is -0.116. The monoisotopic (exact) mass is 458 g/mol. The number of nitrogens with one attached hydrogen (secondary N) is 2. The summed E-state index contributed by atoms with van der Waals surface area (Å²) < 4.78 is 0. The quantitative estimate of drug-likeness (QED) is 0.360. The highest BCUT2D eigenvalue weighted by Gasteiger charge is 2.06. The largest absolute Gasteiger partial charge is 0.370 e. The molecule has 0 saturated heterocycles. The fourth-order valence-corrected chi connectivity index (χ4v) is 2.12. The first-order valence-electron chi connectivity index (χ1n) is 7.23. The third-order valence-corrected chi connectivity index (χ3v) is 3.62. The van der Waals surface area contributed by atoms with E-state index in [9.17, 15) is 4.79 Å².